The third-order valence-electron chi connectivity index (χ3n) is 5.95. The fourth-order valence-electron chi connectivity index (χ4n) is 4.03. The number of amides is 1. The second-order valence-electron chi connectivity index (χ2n) is 7.86. The minimum absolute atomic E-state index is 0.157. The lowest BCUT2D eigenvalue weighted by atomic mass is 9.95. The summed E-state index contributed by atoms with van der Waals surface area (Å²) in [5.41, 5.74) is 1.11. The number of hydrogen-bond acceptors (Lipinski definition) is 5. The Morgan fingerprint density at radius 2 is 1.81 bits per heavy atom. The highest BCUT2D eigenvalue weighted by Gasteiger charge is 2.41. The van der Waals surface area contributed by atoms with Crippen LogP contribution in [-0.2, 0) is 21.1 Å². The molecule has 2 atom stereocenters. The van der Waals surface area contributed by atoms with Crippen LogP contribution >= 0.6 is 0 Å². The first-order valence-electron chi connectivity index (χ1n) is 9.76. The molecule has 2 saturated heterocycles. The lowest BCUT2D eigenvalue weighted by molar-refractivity contribution is 0.0932. The molecule has 2 aliphatic rings. The fourth-order valence-corrected chi connectivity index (χ4v) is 4.66. The van der Waals surface area contributed by atoms with Gasteiger partial charge in [0, 0.05) is 31.9 Å². The number of rotatable bonds is 6. The molecule has 1 aromatic rings. The summed E-state index contributed by atoms with van der Waals surface area (Å²) in [7, 11) is -3.15. The SMILES string of the molecule is CC[C@H](C)[C@H]1COC(=O)N1C1CCN(Cc2ccc(S(C)(=O)=O)cc2)CC1. The molecule has 0 unspecified atom stereocenters. The van der Waals surface area contributed by atoms with E-state index >= 15 is 0 Å². The average Bonchev–Trinajstić information content (AvgIpc) is 3.03. The van der Waals surface area contributed by atoms with Crippen molar-refractivity contribution in [1.29, 1.82) is 0 Å². The zero-order valence-electron chi connectivity index (χ0n) is 16.4. The smallest absolute Gasteiger partial charge is 0.410 e. The first kappa shape index (κ1) is 20.1. The molecule has 2 fully saturated rings. The molecule has 0 radical (unpaired) electrons. The van der Waals surface area contributed by atoms with E-state index in [2.05, 4.69) is 18.7 Å². The minimum atomic E-state index is -3.15. The Morgan fingerprint density at radius 3 is 2.37 bits per heavy atom. The molecule has 0 bridgehead atoms. The zero-order valence-corrected chi connectivity index (χ0v) is 17.2. The van der Waals surface area contributed by atoms with Crippen LogP contribution in [0.25, 0.3) is 0 Å². The maximum Gasteiger partial charge on any atom is 0.410 e. The Balaban J connectivity index is 1.56. The van der Waals surface area contributed by atoms with Crippen molar-refractivity contribution in [2.75, 3.05) is 26.0 Å². The van der Waals surface area contributed by atoms with Crippen molar-refractivity contribution in [3.05, 3.63) is 29.8 Å². The molecule has 27 heavy (non-hydrogen) atoms. The summed E-state index contributed by atoms with van der Waals surface area (Å²) in [6.45, 7) is 7.51. The number of hydrogen-bond donors (Lipinski definition) is 0. The van der Waals surface area contributed by atoms with Crippen molar-refractivity contribution in [1.82, 2.24) is 9.80 Å². The summed E-state index contributed by atoms with van der Waals surface area (Å²) in [6, 6.07) is 7.58. The number of cyclic esters (lactones) is 1. The van der Waals surface area contributed by atoms with E-state index in [1.54, 1.807) is 12.1 Å². The van der Waals surface area contributed by atoms with Gasteiger partial charge in [-0.25, -0.2) is 13.2 Å². The summed E-state index contributed by atoms with van der Waals surface area (Å²) in [5.74, 6) is 0.447. The predicted molar refractivity (Wildman–Crippen MR) is 104 cm³/mol. The molecule has 0 aromatic heterocycles. The van der Waals surface area contributed by atoms with E-state index in [0.29, 0.717) is 17.4 Å². The van der Waals surface area contributed by atoms with Crippen LogP contribution in [0.1, 0.15) is 38.7 Å². The van der Waals surface area contributed by atoms with E-state index in [4.69, 9.17) is 4.74 Å². The maximum atomic E-state index is 12.2. The highest BCUT2D eigenvalue weighted by molar-refractivity contribution is 7.90. The molecule has 2 aliphatic heterocycles. The van der Waals surface area contributed by atoms with E-state index in [9.17, 15) is 13.2 Å². The second kappa shape index (κ2) is 8.19. The normalized spacial score (nSPS) is 23.4. The van der Waals surface area contributed by atoms with E-state index in [1.165, 1.54) is 6.26 Å². The number of carbonyl (C=O) groups is 1. The van der Waals surface area contributed by atoms with E-state index < -0.39 is 9.84 Å². The molecule has 6 nitrogen and oxygen atoms in total. The van der Waals surface area contributed by atoms with Gasteiger partial charge in [-0.3, -0.25) is 9.80 Å². The van der Waals surface area contributed by atoms with Crippen LogP contribution in [0.4, 0.5) is 4.79 Å². The Bertz CT molecular complexity index is 755. The van der Waals surface area contributed by atoms with Crippen LogP contribution in [0, 0.1) is 5.92 Å². The van der Waals surface area contributed by atoms with Crippen LogP contribution in [0.5, 0.6) is 0 Å². The fraction of sp³-hybridized carbons (Fsp3) is 0.650. The Hall–Kier alpha value is -1.60. The molecule has 0 N–H and O–H groups in total. The minimum Gasteiger partial charge on any atom is -0.447 e. The quantitative estimate of drug-likeness (QED) is 0.742. The average molecular weight is 395 g/mol. The summed E-state index contributed by atoms with van der Waals surface area (Å²) in [6.07, 6.45) is 4.01. The van der Waals surface area contributed by atoms with Gasteiger partial charge in [0.25, 0.3) is 0 Å². The van der Waals surface area contributed by atoms with Crippen LogP contribution in [0.3, 0.4) is 0 Å². The van der Waals surface area contributed by atoms with Gasteiger partial charge in [0.05, 0.1) is 10.9 Å². The molecule has 3 rings (SSSR count). The van der Waals surface area contributed by atoms with Crippen LogP contribution in [0.15, 0.2) is 29.2 Å². The van der Waals surface area contributed by atoms with E-state index in [1.807, 2.05) is 17.0 Å². The molecule has 0 saturated carbocycles. The second-order valence-corrected chi connectivity index (χ2v) is 9.88. The molecule has 1 amide bonds. The first-order chi connectivity index (χ1) is 12.8. The number of likely N-dealkylation sites (tertiary alicyclic amines) is 1. The van der Waals surface area contributed by atoms with Gasteiger partial charge >= 0.3 is 6.09 Å². The summed E-state index contributed by atoms with van der Waals surface area (Å²) in [5, 5.41) is 0. The van der Waals surface area contributed by atoms with Crippen molar-refractivity contribution < 1.29 is 17.9 Å². The summed E-state index contributed by atoms with van der Waals surface area (Å²) < 4.78 is 28.5. The number of piperidine rings is 1. The number of sulfone groups is 1. The van der Waals surface area contributed by atoms with E-state index in [-0.39, 0.29) is 18.2 Å². The zero-order chi connectivity index (χ0) is 19.6. The lowest BCUT2D eigenvalue weighted by Crippen LogP contribution is -2.50. The van der Waals surface area contributed by atoms with Gasteiger partial charge in [-0.1, -0.05) is 32.4 Å². The largest absolute Gasteiger partial charge is 0.447 e. The van der Waals surface area contributed by atoms with Gasteiger partial charge in [0.2, 0.25) is 0 Å². The Kier molecular flexibility index (Phi) is 6.11. The van der Waals surface area contributed by atoms with Crippen molar-refractivity contribution in [3.8, 4) is 0 Å². The predicted octanol–water partition coefficient (Wildman–Crippen LogP) is 2.92. The molecule has 0 spiro atoms. The summed E-state index contributed by atoms with van der Waals surface area (Å²) >= 11 is 0. The molecular weight excluding hydrogens is 364 g/mol. The number of nitrogens with zero attached hydrogens (tertiary/aromatic N) is 2. The standard InChI is InChI=1S/C20H30N2O4S/c1-4-15(2)19-14-26-20(23)22(19)17-9-11-21(12-10-17)13-16-5-7-18(8-6-16)27(3,24)25/h5-8,15,17,19H,4,9-14H2,1-3H3/t15-,19+/m0/s1. The molecular formula is C20H30N2O4S. The van der Waals surface area contributed by atoms with Crippen molar-refractivity contribution >= 4 is 15.9 Å². The van der Waals surface area contributed by atoms with Gasteiger partial charge in [-0.15, -0.1) is 0 Å². The first-order valence-corrected chi connectivity index (χ1v) is 11.6. The van der Waals surface area contributed by atoms with Crippen LogP contribution in [0.2, 0.25) is 0 Å². The molecule has 7 heteroatoms. The van der Waals surface area contributed by atoms with Crippen LogP contribution in [-0.4, -0.2) is 62.3 Å². The van der Waals surface area contributed by atoms with Crippen molar-refractivity contribution in [2.45, 2.75) is 56.6 Å². The highest BCUT2D eigenvalue weighted by Crippen LogP contribution is 2.29. The third kappa shape index (κ3) is 4.63. The topological polar surface area (TPSA) is 66.9 Å². The molecule has 150 valence electrons. The number of carbonyl (C=O) groups excluding carboxylic acids is 1. The van der Waals surface area contributed by atoms with Crippen LogP contribution < -0.4 is 0 Å². The molecule has 1 aromatic carbocycles. The van der Waals surface area contributed by atoms with Gasteiger partial charge < -0.3 is 4.74 Å². The Labute approximate surface area is 162 Å². The molecule has 2 heterocycles. The number of ether oxygens (including phenoxy) is 1. The summed E-state index contributed by atoms with van der Waals surface area (Å²) in [4.78, 5) is 16.9. The molecule has 0 aliphatic carbocycles. The van der Waals surface area contributed by atoms with Gasteiger partial charge in [-0.2, -0.15) is 0 Å². The monoisotopic (exact) mass is 394 g/mol. The lowest BCUT2D eigenvalue weighted by Gasteiger charge is -2.39. The van der Waals surface area contributed by atoms with Gasteiger partial charge in [0.15, 0.2) is 9.84 Å². The Morgan fingerprint density at radius 1 is 1.19 bits per heavy atom. The highest BCUT2D eigenvalue weighted by atomic mass is 32.2. The number of benzene rings is 1. The van der Waals surface area contributed by atoms with E-state index in [0.717, 1.165) is 44.5 Å². The van der Waals surface area contributed by atoms with Crippen molar-refractivity contribution in [3.63, 3.8) is 0 Å². The maximum absolute atomic E-state index is 12.2. The van der Waals surface area contributed by atoms with Gasteiger partial charge in [-0.05, 0) is 36.5 Å². The third-order valence-corrected chi connectivity index (χ3v) is 7.08. The van der Waals surface area contributed by atoms with Crippen molar-refractivity contribution in [2.24, 2.45) is 5.92 Å². The van der Waals surface area contributed by atoms with Gasteiger partial charge in [0.1, 0.15) is 6.61 Å².